The van der Waals surface area contributed by atoms with Crippen molar-refractivity contribution in [1.29, 1.82) is 5.26 Å². The molecule has 0 saturated heterocycles. The predicted molar refractivity (Wildman–Crippen MR) is 91.4 cm³/mol. The maximum absolute atomic E-state index is 12.3. The van der Waals surface area contributed by atoms with Gasteiger partial charge in [-0.05, 0) is 35.1 Å². The largest absolute Gasteiger partial charge is 0.459 e. The van der Waals surface area contributed by atoms with Gasteiger partial charge in [0.05, 0.1) is 16.5 Å². The first-order valence-corrected chi connectivity index (χ1v) is 8.39. The van der Waals surface area contributed by atoms with Crippen LogP contribution in [0, 0.1) is 17.2 Å². The van der Waals surface area contributed by atoms with Crippen molar-refractivity contribution in [3.8, 4) is 6.07 Å². The molecule has 0 unspecified atom stereocenters. The maximum Gasteiger partial charge on any atom is 0.329 e. The van der Waals surface area contributed by atoms with Crippen LogP contribution in [0.25, 0.3) is 0 Å². The van der Waals surface area contributed by atoms with Gasteiger partial charge in [0.1, 0.15) is 12.6 Å². The molecular formula is C18H18N2O3S. The second kappa shape index (κ2) is 8.27. The highest BCUT2D eigenvalue weighted by molar-refractivity contribution is 7.12. The van der Waals surface area contributed by atoms with Crippen molar-refractivity contribution in [3.05, 3.63) is 57.8 Å². The number of hydrogen-bond donors (Lipinski definition) is 1. The number of rotatable bonds is 6. The highest BCUT2D eigenvalue weighted by Crippen LogP contribution is 2.12. The standard InChI is InChI=1S/C18H18N2O3S/c1-12(2)16(20-17(21)15-4-3-9-24-15)18(22)23-11-14-7-5-13(10-19)6-8-14/h3-9,12,16H,11H2,1-2H3,(H,20,21)/t16-/m1/s1. The molecule has 1 aromatic heterocycles. The number of benzene rings is 1. The summed E-state index contributed by atoms with van der Waals surface area (Å²) in [5, 5.41) is 13.3. The first-order chi connectivity index (χ1) is 11.5. The van der Waals surface area contributed by atoms with E-state index < -0.39 is 12.0 Å². The third-order valence-corrected chi connectivity index (χ3v) is 4.28. The summed E-state index contributed by atoms with van der Waals surface area (Å²) in [4.78, 5) is 25.0. The van der Waals surface area contributed by atoms with Crippen LogP contribution in [0.5, 0.6) is 0 Å². The molecule has 124 valence electrons. The van der Waals surface area contributed by atoms with E-state index in [9.17, 15) is 9.59 Å². The lowest BCUT2D eigenvalue weighted by Gasteiger charge is -2.20. The van der Waals surface area contributed by atoms with E-state index in [1.165, 1.54) is 11.3 Å². The second-order valence-corrected chi connectivity index (χ2v) is 6.54. The zero-order valence-corrected chi connectivity index (χ0v) is 14.3. The normalized spacial score (nSPS) is 11.6. The number of carbonyl (C=O) groups excluding carboxylic acids is 2. The van der Waals surface area contributed by atoms with Crippen molar-refractivity contribution in [2.45, 2.75) is 26.5 Å². The molecule has 0 bridgehead atoms. The Bertz CT molecular complexity index is 731. The SMILES string of the molecule is CC(C)[C@@H](NC(=O)c1cccs1)C(=O)OCc1ccc(C#N)cc1. The van der Waals surface area contributed by atoms with E-state index in [1.54, 1.807) is 36.4 Å². The molecule has 5 nitrogen and oxygen atoms in total. The zero-order valence-electron chi connectivity index (χ0n) is 13.5. The lowest BCUT2D eigenvalue weighted by Crippen LogP contribution is -2.45. The van der Waals surface area contributed by atoms with Gasteiger partial charge < -0.3 is 10.1 Å². The molecule has 0 spiro atoms. The minimum absolute atomic E-state index is 0.0950. The Balaban J connectivity index is 1.95. The number of ether oxygens (including phenoxy) is 1. The smallest absolute Gasteiger partial charge is 0.329 e. The van der Waals surface area contributed by atoms with Gasteiger partial charge in [-0.3, -0.25) is 4.79 Å². The Morgan fingerprint density at radius 2 is 1.96 bits per heavy atom. The summed E-state index contributed by atoms with van der Waals surface area (Å²) >= 11 is 1.32. The fourth-order valence-electron chi connectivity index (χ4n) is 2.04. The Kier molecular flexibility index (Phi) is 6.10. The molecule has 6 heteroatoms. The minimum atomic E-state index is -0.710. The molecule has 0 aliphatic carbocycles. The van der Waals surface area contributed by atoms with Gasteiger partial charge in [0.25, 0.3) is 5.91 Å². The molecule has 1 atom stereocenters. The summed E-state index contributed by atoms with van der Waals surface area (Å²) in [5.74, 6) is -0.847. The Labute approximate surface area is 144 Å². The summed E-state index contributed by atoms with van der Waals surface area (Å²) in [6, 6.07) is 11.6. The monoisotopic (exact) mass is 342 g/mol. The molecule has 0 radical (unpaired) electrons. The van der Waals surface area contributed by atoms with E-state index in [4.69, 9.17) is 10.00 Å². The minimum Gasteiger partial charge on any atom is -0.459 e. The van der Waals surface area contributed by atoms with E-state index in [1.807, 2.05) is 25.3 Å². The third kappa shape index (κ3) is 4.67. The average Bonchev–Trinajstić information content (AvgIpc) is 3.12. The molecule has 24 heavy (non-hydrogen) atoms. The van der Waals surface area contributed by atoms with E-state index >= 15 is 0 Å². The topological polar surface area (TPSA) is 79.2 Å². The van der Waals surface area contributed by atoms with Crippen molar-refractivity contribution < 1.29 is 14.3 Å². The lowest BCUT2D eigenvalue weighted by atomic mass is 10.0. The molecule has 0 saturated carbocycles. The Hall–Kier alpha value is -2.65. The Morgan fingerprint density at radius 3 is 2.50 bits per heavy atom. The van der Waals surface area contributed by atoms with Crippen molar-refractivity contribution in [1.82, 2.24) is 5.32 Å². The van der Waals surface area contributed by atoms with Crippen molar-refractivity contribution >= 4 is 23.2 Å². The molecular weight excluding hydrogens is 324 g/mol. The molecule has 0 aliphatic heterocycles. The first-order valence-electron chi connectivity index (χ1n) is 7.51. The van der Waals surface area contributed by atoms with Crippen LogP contribution in [-0.4, -0.2) is 17.9 Å². The van der Waals surface area contributed by atoms with Crippen LogP contribution >= 0.6 is 11.3 Å². The predicted octanol–water partition coefficient (Wildman–Crippen LogP) is 3.12. The number of nitriles is 1. The summed E-state index contributed by atoms with van der Waals surface area (Å²) in [5.41, 5.74) is 1.34. The summed E-state index contributed by atoms with van der Waals surface area (Å²) in [6.07, 6.45) is 0. The Morgan fingerprint density at radius 1 is 1.25 bits per heavy atom. The van der Waals surface area contributed by atoms with E-state index in [0.717, 1.165) is 5.56 Å². The molecule has 0 aliphatic rings. The number of esters is 1. The van der Waals surface area contributed by atoms with Gasteiger partial charge in [0, 0.05) is 0 Å². The van der Waals surface area contributed by atoms with Gasteiger partial charge in [0.2, 0.25) is 0 Å². The molecule has 1 amide bonds. The molecule has 1 N–H and O–H groups in total. The van der Waals surface area contributed by atoms with Crippen LogP contribution in [0.3, 0.4) is 0 Å². The average molecular weight is 342 g/mol. The van der Waals surface area contributed by atoms with Crippen molar-refractivity contribution in [3.63, 3.8) is 0 Å². The van der Waals surface area contributed by atoms with Gasteiger partial charge in [-0.2, -0.15) is 5.26 Å². The van der Waals surface area contributed by atoms with Gasteiger partial charge in [-0.25, -0.2) is 4.79 Å². The summed E-state index contributed by atoms with van der Waals surface area (Å²) in [6.45, 7) is 3.80. The van der Waals surface area contributed by atoms with Gasteiger partial charge in [0.15, 0.2) is 0 Å². The number of thiophene rings is 1. The molecule has 0 fully saturated rings. The van der Waals surface area contributed by atoms with Gasteiger partial charge >= 0.3 is 5.97 Å². The molecule has 2 rings (SSSR count). The lowest BCUT2D eigenvalue weighted by molar-refractivity contribution is -0.148. The van der Waals surface area contributed by atoms with Crippen LogP contribution in [0.15, 0.2) is 41.8 Å². The van der Waals surface area contributed by atoms with Crippen LogP contribution < -0.4 is 5.32 Å². The van der Waals surface area contributed by atoms with Crippen LogP contribution in [0.2, 0.25) is 0 Å². The van der Waals surface area contributed by atoms with E-state index in [2.05, 4.69) is 5.32 Å². The quantitative estimate of drug-likeness (QED) is 0.818. The van der Waals surface area contributed by atoms with Gasteiger partial charge in [-0.15, -0.1) is 11.3 Å². The van der Waals surface area contributed by atoms with Crippen molar-refractivity contribution in [2.75, 3.05) is 0 Å². The number of nitrogens with one attached hydrogen (secondary N) is 1. The van der Waals surface area contributed by atoms with Crippen molar-refractivity contribution in [2.24, 2.45) is 5.92 Å². The first kappa shape index (κ1) is 17.7. The maximum atomic E-state index is 12.3. The highest BCUT2D eigenvalue weighted by Gasteiger charge is 2.26. The second-order valence-electron chi connectivity index (χ2n) is 5.59. The third-order valence-electron chi connectivity index (χ3n) is 3.42. The van der Waals surface area contributed by atoms with E-state index in [0.29, 0.717) is 10.4 Å². The van der Waals surface area contributed by atoms with Crippen LogP contribution in [0.1, 0.15) is 34.6 Å². The molecule has 2 aromatic rings. The van der Waals surface area contributed by atoms with Crippen LogP contribution in [0.4, 0.5) is 0 Å². The molecule has 1 aromatic carbocycles. The summed E-state index contributed by atoms with van der Waals surface area (Å²) in [7, 11) is 0. The number of amides is 1. The number of hydrogen-bond acceptors (Lipinski definition) is 5. The zero-order chi connectivity index (χ0) is 17.5. The fraction of sp³-hybridized carbons (Fsp3) is 0.278. The summed E-state index contributed by atoms with van der Waals surface area (Å²) < 4.78 is 5.31. The number of nitrogens with zero attached hydrogens (tertiary/aromatic N) is 1. The van der Waals surface area contributed by atoms with Gasteiger partial charge in [-0.1, -0.05) is 32.0 Å². The van der Waals surface area contributed by atoms with E-state index in [-0.39, 0.29) is 18.4 Å². The highest BCUT2D eigenvalue weighted by atomic mass is 32.1. The molecule has 1 heterocycles. The fourth-order valence-corrected chi connectivity index (χ4v) is 2.66. The number of carbonyl (C=O) groups is 2. The van der Waals surface area contributed by atoms with Crippen LogP contribution in [-0.2, 0) is 16.1 Å².